The number of hydrogen-bond donors (Lipinski definition) is 0. The summed E-state index contributed by atoms with van der Waals surface area (Å²) in [4.78, 5) is 34.3. The molecule has 7 nitrogen and oxygen atoms in total. The molecule has 0 N–H and O–H groups in total. The molecule has 0 bridgehead atoms. The lowest BCUT2D eigenvalue weighted by Gasteiger charge is -2.37. The van der Waals surface area contributed by atoms with Crippen molar-refractivity contribution in [3.8, 4) is 6.07 Å². The van der Waals surface area contributed by atoms with Crippen LogP contribution in [0.2, 0.25) is 0 Å². The number of carbonyl (C=O) groups excluding carboxylic acids is 2. The molecule has 0 aliphatic carbocycles. The number of carbonyl (C=O) groups is 2. The van der Waals surface area contributed by atoms with Gasteiger partial charge in [0.1, 0.15) is 11.8 Å². The van der Waals surface area contributed by atoms with E-state index in [0.717, 1.165) is 18.8 Å². The summed E-state index contributed by atoms with van der Waals surface area (Å²) < 4.78 is 0. The second kappa shape index (κ2) is 6.87. The van der Waals surface area contributed by atoms with Gasteiger partial charge < -0.3 is 14.7 Å². The Hall–Kier alpha value is -2.62. The first-order chi connectivity index (χ1) is 11.6. The maximum absolute atomic E-state index is 12.6. The number of rotatable bonds is 3. The summed E-state index contributed by atoms with van der Waals surface area (Å²) in [5, 5.41) is 8.80. The van der Waals surface area contributed by atoms with E-state index in [4.69, 9.17) is 5.26 Å². The minimum Gasteiger partial charge on any atom is -0.367 e. The van der Waals surface area contributed by atoms with Crippen LogP contribution in [0.1, 0.15) is 19.0 Å². The standard InChI is InChI=1S/C17H21N5O2/c1-2-20-12-13(9-16(20)23)17(24)22-7-5-21(6-8-22)15-4-3-14(10-18)19-11-15/h3-4,11,13H,2,5-9,12H2,1H3. The van der Waals surface area contributed by atoms with Gasteiger partial charge in [0.15, 0.2) is 0 Å². The first-order valence-corrected chi connectivity index (χ1v) is 8.30. The number of anilines is 1. The monoisotopic (exact) mass is 327 g/mol. The van der Waals surface area contributed by atoms with Crippen LogP contribution < -0.4 is 4.90 Å². The van der Waals surface area contributed by atoms with Crippen molar-refractivity contribution in [1.82, 2.24) is 14.8 Å². The Morgan fingerprint density at radius 2 is 2.08 bits per heavy atom. The van der Waals surface area contributed by atoms with E-state index in [9.17, 15) is 9.59 Å². The predicted octanol–water partition coefficient (Wildman–Crippen LogP) is 0.470. The smallest absolute Gasteiger partial charge is 0.228 e. The van der Waals surface area contributed by atoms with E-state index in [1.165, 1.54) is 0 Å². The highest BCUT2D eigenvalue weighted by molar-refractivity contribution is 5.89. The molecule has 2 aliphatic rings. The number of nitrogens with zero attached hydrogens (tertiary/aromatic N) is 5. The summed E-state index contributed by atoms with van der Waals surface area (Å²) in [6.45, 7) is 5.92. The zero-order chi connectivity index (χ0) is 17.1. The highest BCUT2D eigenvalue weighted by atomic mass is 16.2. The number of likely N-dealkylation sites (tertiary alicyclic amines) is 1. The van der Waals surface area contributed by atoms with E-state index in [-0.39, 0.29) is 17.7 Å². The van der Waals surface area contributed by atoms with Gasteiger partial charge in [0.2, 0.25) is 11.8 Å². The van der Waals surface area contributed by atoms with Gasteiger partial charge in [-0.15, -0.1) is 0 Å². The summed E-state index contributed by atoms with van der Waals surface area (Å²) in [7, 11) is 0. The molecule has 0 spiro atoms. The van der Waals surface area contributed by atoms with E-state index < -0.39 is 0 Å². The lowest BCUT2D eigenvalue weighted by Crippen LogP contribution is -2.50. The summed E-state index contributed by atoms with van der Waals surface area (Å²) in [5.41, 5.74) is 1.37. The van der Waals surface area contributed by atoms with Gasteiger partial charge in [0.05, 0.1) is 17.8 Å². The van der Waals surface area contributed by atoms with E-state index in [2.05, 4.69) is 9.88 Å². The molecule has 0 saturated carbocycles. The van der Waals surface area contributed by atoms with Gasteiger partial charge in [-0.3, -0.25) is 9.59 Å². The number of amides is 2. The molecule has 2 fully saturated rings. The van der Waals surface area contributed by atoms with Crippen LogP contribution in [-0.4, -0.2) is 65.9 Å². The van der Waals surface area contributed by atoms with Crippen molar-refractivity contribution >= 4 is 17.5 Å². The van der Waals surface area contributed by atoms with Crippen molar-refractivity contribution in [2.75, 3.05) is 44.2 Å². The average Bonchev–Trinajstić information content (AvgIpc) is 3.02. The van der Waals surface area contributed by atoms with Gasteiger partial charge in [-0.25, -0.2) is 4.98 Å². The van der Waals surface area contributed by atoms with Crippen LogP contribution in [0.3, 0.4) is 0 Å². The van der Waals surface area contributed by atoms with Gasteiger partial charge in [-0.1, -0.05) is 0 Å². The van der Waals surface area contributed by atoms with Crippen LogP contribution >= 0.6 is 0 Å². The molecule has 2 saturated heterocycles. The van der Waals surface area contributed by atoms with E-state index in [1.807, 2.05) is 24.0 Å². The highest BCUT2D eigenvalue weighted by Gasteiger charge is 2.36. The summed E-state index contributed by atoms with van der Waals surface area (Å²) >= 11 is 0. The fourth-order valence-electron chi connectivity index (χ4n) is 3.33. The third-order valence-electron chi connectivity index (χ3n) is 4.76. The molecule has 2 aliphatic heterocycles. The van der Waals surface area contributed by atoms with Crippen molar-refractivity contribution in [2.45, 2.75) is 13.3 Å². The zero-order valence-electron chi connectivity index (χ0n) is 13.8. The van der Waals surface area contributed by atoms with Crippen LogP contribution in [0, 0.1) is 17.2 Å². The Morgan fingerprint density at radius 3 is 2.62 bits per heavy atom. The molecule has 0 radical (unpaired) electrons. The topological polar surface area (TPSA) is 80.5 Å². The summed E-state index contributed by atoms with van der Waals surface area (Å²) in [5.74, 6) is -0.0179. The molecular weight excluding hydrogens is 306 g/mol. The Labute approximate surface area is 141 Å². The fraction of sp³-hybridized carbons (Fsp3) is 0.529. The molecular formula is C17H21N5O2. The Morgan fingerprint density at radius 1 is 1.33 bits per heavy atom. The number of pyridine rings is 1. The third kappa shape index (κ3) is 3.18. The van der Waals surface area contributed by atoms with Gasteiger partial charge in [0, 0.05) is 45.7 Å². The summed E-state index contributed by atoms with van der Waals surface area (Å²) in [6.07, 6.45) is 2.04. The van der Waals surface area contributed by atoms with E-state index in [0.29, 0.717) is 38.3 Å². The maximum atomic E-state index is 12.6. The highest BCUT2D eigenvalue weighted by Crippen LogP contribution is 2.22. The first-order valence-electron chi connectivity index (χ1n) is 8.30. The number of piperazine rings is 1. The fourth-order valence-corrected chi connectivity index (χ4v) is 3.33. The molecule has 2 amide bonds. The number of aromatic nitrogens is 1. The molecule has 7 heteroatoms. The van der Waals surface area contributed by atoms with Crippen molar-refractivity contribution in [2.24, 2.45) is 5.92 Å². The van der Waals surface area contributed by atoms with Crippen molar-refractivity contribution in [3.05, 3.63) is 24.0 Å². The van der Waals surface area contributed by atoms with Crippen molar-refractivity contribution in [3.63, 3.8) is 0 Å². The minimum atomic E-state index is -0.194. The molecule has 126 valence electrons. The van der Waals surface area contributed by atoms with Gasteiger partial charge in [0.25, 0.3) is 0 Å². The van der Waals surface area contributed by atoms with Crippen LogP contribution in [-0.2, 0) is 9.59 Å². The Balaban J connectivity index is 1.56. The Bertz CT molecular complexity index is 659. The van der Waals surface area contributed by atoms with Gasteiger partial charge in [-0.2, -0.15) is 5.26 Å². The van der Waals surface area contributed by atoms with Gasteiger partial charge in [-0.05, 0) is 19.1 Å². The molecule has 3 rings (SSSR count). The van der Waals surface area contributed by atoms with E-state index in [1.54, 1.807) is 17.2 Å². The first kappa shape index (κ1) is 16.2. The Kier molecular flexibility index (Phi) is 4.65. The minimum absolute atomic E-state index is 0.0816. The van der Waals surface area contributed by atoms with Gasteiger partial charge >= 0.3 is 0 Å². The number of hydrogen-bond acceptors (Lipinski definition) is 5. The molecule has 1 atom stereocenters. The normalized spacial score (nSPS) is 21.1. The molecule has 0 aromatic carbocycles. The van der Waals surface area contributed by atoms with Crippen LogP contribution in [0.25, 0.3) is 0 Å². The molecule has 1 aromatic rings. The third-order valence-corrected chi connectivity index (χ3v) is 4.76. The predicted molar refractivity (Wildman–Crippen MR) is 88.1 cm³/mol. The lowest BCUT2D eigenvalue weighted by atomic mass is 10.1. The van der Waals surface area contributed by atoms with Crippen molar-refractivity contribution < 1.29 is 9.59 Å². The van der Waals surface area contributed by atoms with Crippen LogP contribution in [0.15, 0.2) is 18.3 Å². The average molecular weight is 327 g/mol. The summed E-state index contributed by atoms with van der Waals surface area (Å²) in [6, 6.07) is 5.60. The largest absolute Gasteiger partial charge is 0.367 e. The molecule has 24 heavy (non-hydrogen) atoms. The zero-order valence-corrected chi connectivity index (χ0v) is 13.8. The van der Waals surface area contributed by atoms with Crippen LogP contribution in [0.5, 0.6) is 0 Å². The second-order valence-corrected chi connectivity index (χ2v) is 6.16. The molecule has 3 heterocycles. The van der Waals surface area contributed by atoms with E-state index >= 15 is 0 Å². The van der Waals surface area contributed by atoms with Crippen molar-refractivity contribution in [1.29, 1.82) is 5.26 Å². The number of nitriles is 1. The second-order valence-electron chi connectivity index (χ2n) is 6.16. The SMILES string of the molecule is CCN1CC(C(=O)N2CCN(c3ccc(C#N)nc3)CC2)CC1=O. The van der Waals surface area contributed by atoms with Crippen LogP contribution in [0.4, 0.5) is 5.69 Å². The maximum Gasteiger partial charge on any atom is 0.228 e. The lowest BCUT2D eigenvalue weighted by molar-refractivity contribution is -0.136. The molecule has 1 unspecified atom stereocenters. The molecule has 1 aromatic heterocycles. The quantitative estimate of drug-likeness (QED) is 0.806.